The van der Waals surface area contributed by atoms with Crippen LogP contribution in [-0.2, 0) is 104 Å². The van der Waals surface area contributed by atoms with E-state index in [9.17, 15) is 77.1 Å². The Balaban J connectivity index is 0.000000253. The minimum atomic E-state index is -7.13. The molecule has 114 heavy (non-hydrogen) atoms. The Morgan fingerprint density at radius 3 is 1.52 bits per heavy atom. The van der Waals surface area contributed by atoms with E-state index in [4.69, 9.17) is 52.3 Å². The molecule has 34 heteroatoms. The summed E-state index contributed by atoms with van der Waals surface area (Å²) in [7, 11) is -8.63. The molecule has 11 rings (SSSR count). The van der Waals surface area contributed by atoms with Crippen LogP contribution >= 0.6 is 0 Å². The van der Waals surface area contributed by atoms with Gasteiger partial charge in [-0.1, -0.05) is 65.8 Å². The number of esters is 6. The van der Waals surface area contributed by atoms with Crippen molar-refractivity contribution in [3.05, 3.63) is 108 Å². The molecule has 7 fully saturated rings. The maximum absolute atomic E-state index is 13.6. The second-order valence-corrected chi connectivity index (χ2v) is 36.2. The smallest absolute Gasteiger partial charge is 0.450 e. The van der Waals surface area contributed by atoms with Crippen molar-refractivity contribution in [3.8, 4) is 17.2 Å². The Labute approximate surface area is 667 Å². The molecule has 0 amide bonds. The van der Waals surface area contributed by atoms with Crippen molar-refractivity contribution in [1.82, 2.24) is 0 Å². The van der Waals surface area contributed by atoms with E-state index in [0.717, 1.165) is 88.0 Å². The van der Waals surface area contributed by atoms with E-state index in [2.05, 4.69) is 70.8 Å². The standard InChI is InChI=1S/C21H21O3S.C19H32O2.C15H22O7.C11H8F6O8S2.C8H16O3.C6H12O2/c1-23-17-7-4-10-20(13-17)25(19-9-3-6-16(12-19)15-22)21-11-5-8-18(14-21)24-2;1-6-17(2,3)16(20)21-18(4,5)19-10-13-7-14(11-19)9-15(8-13)12-19;1-6-14(2,3)13(17)20-9-7-8(18-11(9)16)10-12(19-7)22-15(4,5)21-10;1-24-8(18)6-2-4-7(5-3-6)25-27(22,23)11(16,17)9(12,13)10(14,15)26(19,20)21;1-4-6(2)8(10)11-5-7(3)9;1-4-5(2)6(7)8-3/h3-14,22H,15H2,1-2H3;13-15H,6-12H2,1-5H3;7-10,12H,6H2,1-5H3;2-5H,1H3,(H,19,20,21);6-7,9H,4-5H2,1-3H3;5H,4H2,1-3H3/q+1;;;;;. The Morgan fingerprint density at radius 1 is 0.614 bits per heavy atom. The number of methoxy groups -OCH3 is 4. The van der Waals surface area contributed by atoms with Gasteiger partial charge in [0.15, 0.2) is 39.0 Å². The number of halogens is 6. The van der Waals surface area contributed by atoms with Gasteiger partial charge in [-0.25, -0.2) is 9.59 Å². The summed E-state index contributed by atoms with van der Waals surface area (Å²) in [6, 6.07) is 26.9. The minimum absolute atomic E-state index is 0.00857. The Morgan fingerprint density at radius 2 is 1.09 bits per heavy atom. The molecule has 3 heterocycles. The minimum Gasteiger partial charge on any atom is -0.497 e. The summed E-state index contributed by atoms with van der Waals surface area (Å²) in [6.07, 6.45) is 7.19. The zero-order chi connectivity index (χ0) is 86.3. The van der Waals surface area contributed by atoms with Crippen molar-refractivity contribution in [2.24, 2.45) is 45.8 Å². The summed E-state index contributed by atoms with van der Waals surface area (Å²) in [5.74, 6) is -7.00. The van der Waals surface area contributed by atoms with Gasteiger partial charge in [0.1, 0.15) is 35.6 Å². The highest BCUT2D eigenvalue weighted by Crippen LogP contribution is 2.65. The molecule has 3 saturated heterocycles. The van der Waals surface area contributed by atoms with Gasteiger partial charge in [0.2, 0.25) is 6.10 Å². The van der Waals surface area contributed by atoms with Crippen LogP contribution in [0.4, 0.5) is 26.3 Å². The van der Waals surface area contributed by atoms with Crippen molar-refractivity contribution in [3.63, 3.8) is 0 Å². The van der Waals surface area contributed by atoms with E-state index in [1.54, 1.807) is 48.8 Å². The van der Waals surface area contributed by atoms with Gasteiger partial charge in [-0.05, 0) is 211 Å². The Hall–Kier alpha value is -7.31. The van der Waals surface area contributed by atoms with Crippen molar-refractivity contribution in [2.75, 3.05) is 35.0 Å². The lowest BCUT2D eigenvalue weighted by atomic mass is 9.46. The number of fused-ring (bicyclic) bond motifs is 3. The summed E-state index contributed by atoms with van der Waals surface area (Å²) >= 11 is 0. The second kappa shape index (κ2) is 39.8. The third-order valence-corrected chi connectivity index (χ3v) is 25.4. The van der Waals surface area contributed by atoms with Crippen LogP contribution in [0, 0.1) is 45.8 Å². The van der Waals surface area contributed by atoms with Gasteiger partial charge in [0.25, 0.3) is 0 Å². The van der Waals surface area contributed by atoms with Crippen molar-refractivity contribution in [1.29, 1.82) is 0 Å². The average molecular weight is 1680 g/mol. The first-order valence-corrected chi connectivity index (χ1v) is 41.4. The SMILES string of the molecule is CCC(C)(C)C(=O)OC(C)(C)C12CC3CC(CC(C3)C1)C2.CCC(C)(C)C(=O)OC1C(=O)OC2C3OC(C)(C)OC3OC12.CCC(C)C(=O)OC.CCC(C)C(=O)OCC(C)O.COC(=O)c1ccc(OS(=O)(=O)C(F)(F)C(F)(F)C(F)(F)S(=O)(=O)O)cc1.COc1cccc([S+](c2cccc(CO)c2)c2cccc(OC)c2)c1. The lowest BCUT2D eigenvalue weighted by Crippen LogP contribution is -2.61. The van der Waals surface area contributed by atoms with Gasteiger partial charge in [-0.3, -0.25) is 23.7 Å². The lowest BCUT2D eigenvalue weighted by Gasteiger charge is -2.61. The van der Waals surface area contributed by atoms with Crippen molar-refractivity contribution < 1.29 is 143 Å². The third-order valence-electron chi connectivity index (χ3n) is 21.0. The molecule has 640 valence electrons. The van der Waals surface area contributed by atoms with Crippen LogP contribution in [0.5, 0.6) is 17.2 Å². The summed E-state index contributed by atoms with van der Waals surface area (Å²) in [6.45, 7) is 28.7. The lowest BCUT2D eigenvalue weighted by molar-refractivity contribution is -0.247. The van der Waals surface area contributed by atoms with E-state index in [1.807, 2.05) is 84.9 Å². The summed E-state index contributed by atoms with van der Waals surface area (Å²) in [5, 5.41) is 4.63. The molecular formula is C80H111F6O25S3+. The molecule has 4 bridgehead atoms. The van der Waals surface area contributed by atoms with Gasteiger partial charge in [-0.2, -0.15) is 43.2 Å². The predicted molar refractivity (Wildman–Crippen MR) is 405 cm³/mol. The number of rotatable bonds is 26. The number of hydrogen-bond acceptors (Lipinski definition) is 24. The van der Waals surface area contributed by atoms with Gasteiger partial charge in [0.05, 0.1) is 80.3 Å². The van der Waals surface area contributed by atoms with Crippen LogP contribution in [0.15, 0.2) is 112 Å². The molecule has 0 spiro atoms. The van der Waals surface area contributed by atoms with Crippen LogP contribution < -0.4 is 13.7 Å². The van der Waals surface area contributed by atoms with Gasteiger partial charge in [0, 0.05) is 17.5 Å². The van der Waals surface area contributed by atoms with Crippen LogP contribution in [0.1, 0.15) is 184 Å². The van der Waals surface area contributed by atoms with Crippen LogP contribution in [0.25, 0.3) is 0 Å². The molecule has 4 aromatic rings. The fraction of sp³-hybridized carbons (Fsp3) is 0.625. The fourth-order valence-electron chi connectivity index (χ4n) is 13.2. The summed E-state index contributed by atoms with van der Waals surface area (Å²) in [4.78, 5) is 72.8. The molecule has 4 aromatic carbocycles. The number of benzene rings is 4. The maximum atomic E-state index is 13.6. The quantitative estimate of drug-likeness (QED) is 0.0131. The summed E-state index contributed by atoms with van der Waals surface area (Å²) in [5.41, 5.74) is -0.423. The molecule has 4 aliphatic carbocycles. The first-order chi connectivity index (χ1) is 52.8. The molecule has 7 aliphatic rings. The first-order valence-electron chi connectivity index (χ1n) is 37.3. The molecule has 4 saturated carbocycles. The molecule has 3 aliphatic heterocycles. The average Bonchev–Trinajstić information content (AvgIpc) is 0.962. The number of alkyl halides is 6. The van der Waals surface area contributed by atoms with Crippen molar-refractivity contribution in [2.45, 2.75) is 254 Å². The number of aliphatic hydroxyl groups is 2. The zero-order valence-corrected chi connectivity index (χ0v) is 70.3. The van der Waals surface area contributed by atoms with Crippen molar-refractivity contribution >= 4 is 66.9 Å². The fourth-order valence-corrected chi connectivity index (χ4v) is 16.8. The highest BCUT2D eigenvalue weighted by Gasteiger charge is 2.83. The first kappa shape index (κ1) is 97.3. The molecule has 0 radical (unpaired) electrons. The highest BCUT2D eigenvalue weighted by atomic mass is 32.2. The molecular weight excluding hydrogens is 1570 g/mol. The normalized spacial score (nSPS) is 22.8. The van der Waals surface area contributed by atoms with E-state index in [-0.39, 0.29) is 75.8 Å². The van der Waals surface area contributed by atoms with Crippen LogP contribution in [0.3, 0.4) is 0 Å². The van der Waals surface area contributed by atoms with E-state index >= 15 is 0 Å². The number of hydrogen-bond donors (Lipinski definition) is 3. The van der Waals surface area contributed by atoms with E-state index < -0.39 is 108 Å². The highest BCUT2D eigenvalue weighted by molar-refractivity contribution is 7.97. The topological polar surface area (TPSA) is 342 Å². The third kappa shape index (κ3) is 23.8. The molecule has 8 atom stereocenters. The predicted octanol–water partition coefficient (Wildman–Crippen LogP) is 14.4. The van der Waals surface area contributed by atoms with Crippen LogP contribution in [-0.4, -0.2) is 167 Å². The molecule has 0 aromatic heterocycles. The van der Waals surface area contributed by atoms with E-state index in [1.165, 1.54) is 45.6 Å². The van der Waals surface area contributed by atoms with Gasteiger partial charge < -0.3 is 66.5 Å². The monoisotopic (exact) mass is 1680 g/mol. The number of carbonyl (C=O) groups is 6. The summed E-state index contributed by atoms with van der Waals surface area (Å²) < 4.78 is 193. The van der Waals surface area contributed by atoms with Crippen LogP contribution in [0.2, 0.25) is 0 Å². The molecule has 8 unspecified atom stereocenters. The Kier molecular flexibility index (Phi) is 33.9. The number of aliphatic hydroxyl groups excluding tert-OH is 2. The Bertz CT molecular complexity index is 3990. The van der Waals surface area contributed by atoms with E-state index in [0.29, 0.717) is 18.6 Å². The second-order valence-electron chi connectivity index (χ2n) is 31.1. The zero-order valence-electron chi connectivity index (χ0n) is 67.9. The number of ether oxygens (including phenoxy) is 11. The molecule has 3 N–H and O–H groups in total. The molecule has 25 nitrogen and oxygen atoms in total. The van der Waals surface area contributed by atoms with Gasteiger partial charge in [-0.15, -0.1) is 0 Å². The maximum Gasteiger partial charge on any atom is 0.450 e. The largest absolute Gasteiger partial charge is 0.497 e. The van der Waals surface area contributed by atoms with Gasteiger partial charge >= 0.3 is 72.5 Å². The number of carbonyl (C=O) groups excluding carboxylic acids is 6.